The van der Waals surface area contributed by atoms with Crippen molar-refractivity contribution in [3.8, 4) is 0 Å². The van der Waals surface area contributed by atoms with Crippen LogP contribution in [0.25, 0.3) is 0 Å². The average molecular weight is 425 g/mol. The van der Waals surface area contributed by atoms with E-state index in [9.17, 15) is 0 Å². The van der Waals surface area contributed by atoms with Gasteiger partial charge >= 0.3 is 0 Å². The minimum absolute atomic E-state index is 0.133. The lowest BCUT2D eigenvalue weighted by molar-refractivity contribution is 0.303. The number of allylic oxidation sites excluding steroid dienone is 6. The molecule has 0 aromatic carbocycles. The van der Waals surface area contributed by atoms with Gasteiger partial charge in [-0.05, 0) is 44.0 Å². The molecule has 0 fully saturated rings. The Hall–Kier alpha value is -2.76. The fourth-order valence-corrected chi connectivity index (χ4v) is 3.99. The first-order valence-corrected chi connectivity index (χ1v) is 11.2. The van der Waals surface area contributed by atoms with Gasteiger partial charge in [-0.15, -0.1) is 0 Å². The first-order chi connectivity index (χ1) is 14.6. The third kappa shape index (κ3) is 5.69. The maximum absolute atomic E-state index is 6.51. The third-order valence-corrected chi connectivity index (χ3v) is 5.93. The number of rotatable bonds is 7. The fraction of sp³-hybridized carbons (Fsp3) is 0.520. The Labute approximate surface area is 188 Å². The molecule has 2 heterocycles. The van der Waals surface area contributed by atoms with E-state index >= 15 is 0 Å². The van der Waals surface area contributed by atoms with Crippen molar-refractivity contribution in [2.24, 2.45) is 32.9 Å². The molecule has 0 radical (unpaired) electrons. The second-order valence-corrected chi connectivity index (χ2v) is 9.20. The molecule has 2 atom stereocenters. The van der Waals surface area contributed by atoms with E-state index in [0.29, 0.717) is 12.0 Å². The molecule has 31 heavy (non-hydrogen) atoms. The van der Waals surface area contributed by atoms with Gasteiger partial charge in [-0.25, -0.2) is 0 Å². The van der Waals surface area contributed by atoms with E-state index in [1.807, 2.05) is 24.7 Å². The number of hydrazone groups is 1. The zero-order chi connectivity index (χ0) is 23.2. The van der Waals surface area contributed by atoms with Gasteiger partial charge in [-0.3, -0.25) is 10.0 Å². The first kappa shape index (κ1) is 24.5. The molecule has 170 valence electrons. The number of hydrogen-bond donors (Lipinski definition) is 2. The Morgan fingerprint density at radius 1 is 1.32 bits per heavy atom. The normalized spacial score (nSPS) is 23.8. The molecule has 0 aromatic heterocycles. The molecule has 2 unspecified atom stereocenters. The van der Waals surface area contributed by atoms with Crippen LogP contribution in [0.3, 0.4) is 0 Å². The zero-order valence-corrected chi connectivity index (χ0v) is 20.3. The van der Waals surface area contributed by atoms with Crippen LogP contribution in [0.15, 0.2) is 69.6 Å². The number of aliphatic imine (C=N–C) groups is 1. The number of hydrogen-bond acceptors (Lipinski definition) is 6. The monoisotopic (exact) mass is 424 g/mol. The summed E-state index contributed by atoms with van der Waals surface area (Å²) in [5.41, 5.74) is 17.4. The van der Waals surface area contributed by atoms with Crippen LogP contribution < -0.4 is 11.5 Å². The minimum atomic E-state index is -0.133. The van der Waals surface area contributed by atoms with Gasteiger partial charge in [0.15, 0.2) is 0 Å². The highest BCUT2D eigenvalue weighted by atomic mass is 15.5. The standard InChI is InChI=1S/C25H40N6/c1-8-19(31-16-15-28-17-22(31)24(27)25(4,5)6)13-12-18(3)23-20(11-10-14-26)21(9-2)30(7)29-23/h8,10-11,14-18,21H,9,12-13,26-27H2,1-7H3/b14-10-,19-8-,20-11+,24-22-. The number of likely N-dealkylation sites (N-methyl/N-ethyl adjacent to an activating group) is 1. The summed E-state index contributed by atoms with van der Waals surface area (Å²) in [5.74, 6) is 0.321. The van der Waals surface area contributed by atoms with E-state index in [4.69, 9.17) is 16.6 Å². The van der Waals surface area contributed by atoms with Gasteiger partial charge in [0.25, 0.3) is 0 Å². The van der Waals surface area contributed by atoms with Gasteiger partial charge < -0.3 is 16.4 Å². The Kier molecular flexibility index (Phi) is 8.31. The lowest BCUT2D eigenvalue weighted by atomic mass is 9.89. The van der Waals surface area contributed by atoms with Crippen LogP contribution in [-0.2, 0) is 0 Å². The summed E-state index contributed by atoms with van der Waals surface area (Å²) in [7, 11) is 2.05. The largest absolute Gasteiger partial charge is 0.405 e. The van der Waals surface area contributed by atoms with Crippen LogP contribution in [0.2, 0.25) is 0 Å². The Bertz CT molecular complexity index is 848. The highest BCUT2D eigenvalue weighted by Gasteiger charge is 2.31. The Morgan fingerprint density at radius 2 is 2.03 bits per heavy atom. The fourth-order valence-electron chi connectivity index (χ4n) is 3.99. The van der Waals surface area contributed by atoms with Gasteiger partial charge in [0.2, 0.25) is 0 Å². The molecule has 6 heteroatoms. The van der Waals surface area contributed by atoms with E-state index in [-0.39, 0.29) is 5.41 Å². The molecule has 0 aromatic rings. The van der Waals surface area contributed by atoms with Crippen LogP contribution in [-0.4, -0.2) is 34.9 Å². The molecule has 4 N–H and O–H groups in total. The second-order valence-electron chi connectivity index (χ2n) is 9.20. The summed E-state index contributed by atoms with van der Waals surface area (Å²) in [4.78, 5) is 6.49. The highest BCUT2D eigenvalue weighted by Crippen LogP contribution is 2.32. The van der Waals surface area contributed by atoms with Crippen LogP contribution in [0, 0.1) is 11.3 Å². The molecule has 2 aliphatic rings. The van der Waals surface area contributed by atoms with Crippen molar-refractivity contribution in [3.63, 3.8) is 0 Å². The average Bonchev–Trinajstić information content (AvgIpc) is 3.06. The summed E-state index contributed by atoms with van der Waals surface area (Å²) in [5, 5.41) is 6.95. The highest BCUT2D eigenvalue weighted by molar-refractivity contribution is 6.04. The SMILES string of the molecule is C/C=C(/CCC(C)C1=NN(C)C(CC)/C1=C\C=C/N)N1C=CN=C/C1=C(/N)C(C)(C)C. The maximum Gasteiger partial charge on any atom is 0.0831 e. The van der Waals surface area contributed by atoms with Gasteiger partial charge in [0.1, 0.15) is 0 Å². The van der Waals surface area contributed by atoms with Crippen molar-refractivity contribution in [2.75, 3.05) is 7.05 Å². The van der Waals surface area contributed by atoms with Crippen molar-refractivity contribution in [1.29, 1.82) is 0 Å². The van der Waals surface area contributed by atoms with E-state index in [0.717, 1.165) is 36.4 Å². The summed E-state index contributed by atoms with van der Waals surface area (Å²) in [6.45, 7) is 12.9. The molecule has 2 aliphatic heterocycles. The van der Waals surface area contributed by atoms with E-state index in [1.54, 1.807) is 6.20 Å². The zero-order valence-electron chi connectivity index (χ0n) is 20.3. The summed E-state index contributed by atoms with van der Waals surface area (Å²) in [6, 6.07) is 0.303. The van der Waals surface area contributed by atoms with Crippen molar-refractivity contribution >= 4 is 11.9 Å². The van der Waals surface area contributed by atoms with Gasteiger partial charge in [-0.1, -0.05) is 46.8 Å². The first-order valence-electron chi connectivity index (χ1n) is 11.2. The molecule has 0 saturated heterocycles. The molecule has 6 nitrogen and oxygen atoms in total. The molecular formula is C25H40N6. The maximum atomic E-state index is 6.51. The molecule has 0 saturated carbocycles. The third-order valence-electron chi connectivity index (χ3n) is 5.93. The van der Waals surface area contributed by atoms with Crippen molar-refractivity contribution in [1.82, 2.24) is 9.91 Å². The Morgan fingerprint density at radius 3 is 2.61 bits per heavy atom. The molecule has 0 amide bonds. The van der Waals surface area contributed by atoms with Crippen molar-refractivity contribution < 1.29 is 0 Å². The van der Waals surface area contributed by atoms with E-state index in [1.165, 1.54) is 11.3 Å². The van der Waals surface area contributed by atoms with Crippen LogP contribution in [0.4, 0.5) is 0 Å². The van der Waals surface area contributed by atoms with Crippen LogP contribution in [0.5, 0.6) is 0 Å². The molecule has 2 rings (SSSR count). The predicted octanol–water partition coefficient (Wildman–Crippen LogP) is 4.86. The number of nitrogens with zero attached hydrogens (tertiary/aromatic N) is 4. The van der Waals surface area contributed by atoms with Crippen molar-refractivity contribution in [2.45, 2.75) is 66.8 Å². The van der Waals surface area contributed by atoms with Gasteiger partial charge in [0.05, 0.1) is 23.7 Å². The van der Waals surface area contributed by atoms with Crippen molar-refractivity contribution in [3.05, 3.63) is 59.5 Å². The summed E-state index contributed by atoms with van der Waals surface area (Å²) >= 11 is 0. The number of nitrogens with two attached hydrogens (primary N) is 2. The van der Waals surface area contributed by atoms with Crippen LogP contribution >= 0.6 is 0 Å². The summed E-state index contributed by atoms with van der Waals surface area (Å²) in [6.07, 6.45) is 16.3. The molecule has 0 aliphatic carbocycles. The minimum Gasteiger partial charge on any atom is -0.405 e. The smallest absolute Gasteiger partial charge is 0.0831 e. The molecule has 0 spiro atoms. The summed E-state index contributed by atoms with van der Waals surface area (Å²) < 4.78 is 0. The van der Waals surface area contributed by atoms with E-state index in [2.05, 4.69) is 75.6 Å². The van der Waals surface area contributed by atoms with Gasteiger partial charge in [0, 0.05) is 42.2 Å². The lowest BCUT2D eigenvalue weighted by Crippen LogP contribution is -2.29. The van der Waals surface area contributed by atoms with Crippen LogP contribution in [0.1, 0.15) is 60.8 Å². The molecular weight excluding hydrogens is 384 g/mol. The molecule has 0 bridgehead atoms. The quantitative estimate of drug-likeness (QED) is 0.611. The lowest BCUT2D eigenvalue weighted by Gasteiger charge is -2.31. The second kappa shape index (κ2) is 10.5. The Balaban J connectivity index is 2.21. The predicted molar refractivity (Wildman–Crippen MR) is 133 cm³/mol. The van der Waals surface area contributed by atoms with Gasteiger partial charge in [-0.2, -0.15) is 5.10 Å². The van der Waals surface area contributed by atoms with E-state index < -0.39 is 0 Å². The topological polar surface area (TPSA) is 83.2 Å².